The number of hydrogen-bond acceptors (Lipinski definition) is 1. The summed E-state index contributed by atoms with van der Waals surface area (Å²) < 4.78 is 12.5. The molecule has 0 bridgehead atoms. The Hall–Kier alpha value is -0.890. The first-order chi connectivity index (χ1) is 6.77. The molecule has 1 unspecified atom stereocenters. The molecular weight excluding hydrogens is 177 g/mol. The van der Waals surface area contributed by atoms with E-state index in [-0.39, 0.29) is 12.7 Å². The van der Waals surface area contributed by atoms with Crippen LogP contribution in [0.4, 0.5) is 4.39 Å². The van der Waals surface area contributed by atoms with E-state index in [1.54, 1.807) is 0 Å². The summed E-state index contributed by atoms with van der Waals surface area (Å²) >= 11 is 0. The third-order valence-corrected chi connectivity index (χ3v) is 2.48. The van der Waals surface area contributed by atoms with E-state index in [1.807, 2.05) is 25.1 Å². The second kappa shape index (κ2) is 5.76. The molecule has 1 aromatic carbocycles. The van der Waals surface area contributed by atoms with Crippen molar-refractivity contribution in [2.45, 2.75) is 26.4 Å². The Bertz CT molecular complexity index is 248. The molecule has 0 spiro atoms. The van der Waals surface area contributed by atoms with E-state index in [2.05, 4.69) is 24.0 Å². The molecule has 1 rings (SSSR count). The van der Waals surface area contributed by atoms with Crippen molar-refractivity contribution in [2.24, 2.45) is 0 Å². The first-order valence-electron chi connectivity index (χ1n) is 5.11. The van der Waals surface area contributed by atoms with Crippen LogP contribution in [0.3, 0.4) is 0 Å². The normalized spacial score (nSPS) is 13.1. The number of benzene rings is 1. The minimum Gasteiger partial charge on any atom is -0.294 e. The van der Waals surface area contributed by atoms with E-state index in [1.165, 1.54) is 5.56 Å². The predicted octanol–water partition coefficient (Wildman–Crippen LogP) is 2.87. The maximum atomic E-state index is 12.5. The maximum Gasteiger partial charge on any atom is 0.105 e. The van der Waals surface area contributed by atoms with Crippen molar-refractivity contribution in [3.8, 4) is 0 Å². The quantitative estimate of drug-likeness (QED) is 0.698. The molecular formula is C12H18FN. The highest BCUT2D eigenvalue weighted by molar-refractivity contribution is 5.14. The van der Waals surface area contributed by atoms with Crippen molar-refractivity contribution in [1.29, 1.82) is 0 Å². The van der Waals surface area contributed by atoms with Crippen LogP contribution in [-0.4, -0.2) is 24.2 Å². The van der Waals surface area contributed by atoms with Gasteiger partial charge in [-0.3, -0.25) is 4.90 Å². The fraction of sp³-hybridized carbons (Fsp3) is 0.500. The van der Waals surface area contributed by atoms with E-state index < -0.39 is 0 Å². The molecule has 0 amide bonds. The molecule has 1 aromatic rings. The lowest BCUT2D eigenvalue weighted by molar-refractivity contribution is 0.178. The second-order valence-corrected chi connectivity index (χ2v) is 3.55. The molecule has 0 aliphatic heterocycles. The van der Waals surface area contributed by atoms with Crippen molar-refractivity contribution in [1.82, 2.24) is 4.90 Å². The Labute approximate surface area is 85.5 Å². The van der Waals surface area contributed by atoms with Gasteiger partial charge in [0, 0.05) is 12.6 Å². The minimum absolute atomic E-state index is 0.0141. The maximum absolute atomic E-state index is 12.5. The van der Waals surface area contributed by atoms with Crippen LogP contribution in [0.2, 0.25) is 0 Å². The molecule has 0 N–H and O–H groups in total. The largest absolute Gasteiger partial charge is 0.294 e. The van der Waals surface area contributed by atoms with Gasteiger partial charge in [0.1, 0.15) is 6.67 Å². The van der Waals surface area contributed by atoms with Gasteiger partial charge in [0.05, 0.1) is 0 Å². The Morgan fingerprint density at radius 3 is 2.43 bits per heavy atom. The number of nitrogens with zero attached hydrogens (tertiary/aromatic N) is 1. The van der Waals surface area contributed by atoms with Gasteiger partial charge in [-0.2, -0.15) is 0 Å². The number of hydrogen-bond donors (Lipinski definition) is 0. The smallest absolute Gasteiger partial charge is 0.105 e. The van der Waals surface area contributed by atoms with Crippen molar-refractivity contribution in [2.75, 3.05) is 13.2 Å². The van der Waals surface area contributed by atoms with Crippen molar-refractivity contribution in [3.63, 3.8) is 0 Å². The Balaban J connectivity index is 2.57. The standard InChI is InChI=1S/C12H18FN/c1-3-14(11(2)9-13)10-12-7-5-4-6-8-12/h4-8,11H,3,9-10H2,1-2H3. The second-order valence-electron chi connectivity index (χ2n) is 3.55. The monoisotopic (exact) mass is 195 g/mol. The summed E-state index contributed by atoms with van der Waals surface area (Å²) in [6.07, 6.45) is 0. The summed E-state index contributed by atoms with van der Waals surface area (Å²) in [5, 5.41) is 0. The highest BCUT2D eigenvalue weighted by Crippen LogP contribution is 2.07. The molecule has 0 fully saturated rings. The van der Waals surface area contributed by atoms with Crippen molar-refractivity contribution in [3.05, 3.63) is 35.9 Å². The molecule has 0 saturated heterocycles. The molecule has 1 atom stereocenters. The van der Waals surface area contributed by atoms with E-state index in [0.717, 1.165) is 13.1 Å². The Morgan fingerprint density at radius 2 is 1.93 bits per heavy atom. The molecule has 14 heavy (non-hydrogen) atoms. The Morgan fingerprint density at radius 1 is 1.29 bits per heavy atom. The lowest BCUT2D eigenvalue weighted by Gasteiger charge is -2.25. The molecule has 0 aliphatic carbocycles. The van der Waals surface area contributed by atoms with Gasteiger partial charge >= 0.3 is 0 Å². The summed E-state index contributed by atoms with van der Waals surface area (Å²) in [7, 11) is 0. The van der Waals surface area contributed by atoms with E-state index in [0.29, 0.717) is 0 Å². The topological polar surface area (TPSA) is 3.24 Å². The number of rotatable bonds is 5. The first kappa shape index (κ1) is 11.2. The lowest BCUT2D eigenvalue weighted by atomic mass is 10.2. The fourth-order valence-corrected chi connectivity index (χ4v) is 1.49. The van der Waals surface area contributed by atoms with Crippen molar-refractivity contribution >= 4 is 0 Å². The van der Waals surface area contributed by atoms with Crippen LogP contribution >= 0.6 is 0 Å². The van der Waals surface area contributed by atoms with Gasteiger partial charge in [-0.1, -0.05) is 37.3 Å². The zero-order valence-corrected chi connectivity index (χ0v) is 8.91. The zero-order valence-electron chi connectivity index (χ0n) is 8.91. The van der Waals surface area contributed by atoms with Crippen LogP contribution in [0.1, 0.15) is 19.4 Å². The van der Waals surface area contributed by atoms with Crippen LogP contribution in [0, 0.1) is 0 Å². The van der Waals surface area contributed by atoms with Crippen LogP contribution < -0.4 is 0 Å². The Kier molecular flexibility index (Phi) is 4.60. The minimum atomic E-state index is -0.277. The molecule has 0 aliphatic rings. The van der Waals surface area contributed by atoms with Crippen LogP contribution in [-0.2, 0) is 6.54 Å². The van der Waals surface area contributed by atoms with Crippen LogP contribution in [0.25, 0.3) is 0 Å². The number of alkyl halides is 1. The van der Waals surface area contributed by atoms with Gasteiger partial charge in [0.2, 0.25) is 0 Å². The molecule has 1 nitrogen and oxygen atoms in total. The summed E-state index contributed by atoms with van der Waals surface area (Å²) in [6, 6.07) is 10.2. The molecule has 2 heteroatoms. The fourth-order valence-electron chi connectivity index (χ4n) is 1.49. The van der Waals surface area contributed by atoms with Gasteiger partial charge in [-0.15, -0.1) is 0 Å². The SMILES string of the molecule is CCN(Cc1ccccc1)C(C)CF. The highest BCUT2D eigenvalue weighted by atomic mass is 19.1. The lowest BCUT2D eigenvalue weighted by Crippen LogP contribution is -2.33. The van der Waals surface area contributed by atoms with Gasteiger partial charge in [0.15, 0.2) is 0 Å². The summed E-state index contributed by atoms with van der Waals surface area (Å²) in [5.74, 6) is 0. The van der Waals surface area contributed by atoms with Gasteiger partial charge in [0.25, 0.3) is 0 Å². The molecule has 0 heterocycles. The van der Waals surface area contributed by atoms with E-state index >= 15 is 0 Å². The third-order valence-electron chi connectivity index (χ3n) is 2.48. The average molecular weight is 195 g/mol. The highest BCUT2D eigenvalue weighted by Gasteiger charge is 2.11. The summed E-state index contributed by atoms with van der Waals surface area (Å²) in [5.41, 5.74) is 1.25. The molecule has 78 valence electrons. The van der Waals surface area contributed by atoms with Crippen molar-refractivity contribution < 1.29 is 4.39 Å². The summed E-state index contributed by atoms with van der Waals surface area (Å²) in [6.45, 7) is 5.44. The van der Waals surface area contributed by atoms with Gasteiger partial charge in [-0.05, 0) is 19.0 Å². The molecule has 0 aromatic heterocycles. The van der Waals surface area contributed by atoms with E-state index in [9.17, 15) is 4.39 Å². The first-order valence-corrected chi connectivity index (χ1v) is 5.11. The number of halogens is 1. The van der Waals surface area contributed by atoms with E-state index in [4.69, 9.17) is 0 Å². The van der Waals surface area contributed by atoms with Crippen LogP contribution in [0.5, 0.6) is 0 Å². The average Bonchev–Trinajstić information content (AvgIpc) is 2.26. The molecule has 0 radical (unpaired) electrons. The van der Waals surface area contributed by atoms with Gasteiger partial charge in [-0.25, -0.2) is 4.39 Å². The predicted molar refractivity (Wildman–Crippen MR) is 58.0 cm³/mol. The van der Waals surface area contributed by atoms with Crippen LogP contribution in [0.15, 0.2) is 30.3 Å². The van der Waals surface area contributed by atoms with Gasteiger partial charge < -0.3 is 0 Å². The zero-order chi connectivity index (χ0) is 10.4. The molecule has 0 saturated carbocycles. The summed E-state index contributed by atoms with van der Waals surface area (Å²) in [4.78, 5) is 2.13. The third kappa shape index (κ3) is 3.11.